The van der Waals surface area contributed by atoms with Crippen LogP contribution in [-0.2, 0) is 42.0 Å². The Hall–Kier alpha value is -4.37. The first-order valence-electron chi connectivity index (χ1n) is 17.7. The van der Waals surface area contributed by atoms with E-state index in [1.54, 1.807) is 54.6 Å². The average Bonchev–Trinajstić information content (AvgIpc) is 3.07. The van der Waals surface area contributed by atoms with Crippen molar-refractivity contribution in [3.63, 3.8) is 0 Å². The highest BCUT2D eigenvalue weighted by molar-refractivity contribution is 7.89. The molecular weight excluding hydrogens is 685 g/mol. The molecule has 13 nitrogen and oxygen atoms in total. The van der Waals surface area contributed by atoms with Gasteiger partial charge in [0.1, 0.15) is 11.6 Å². The molecule has 5 N–H and O–H groups in total. The number of rotatable bonds is 5. The van der Waals surface area contributed by atoms with E-state index in [1.807, 2.05) is 26.0 Å². The summed E-state index contributed by atoms with van der Waals surface area (Å²) in [6, 6.07) is 12.2. The highest BCUT2D eigenvalue weighted by atomic mass is 32.2. The monoisotopic (exact) mass is 734 g/mol. The van der Waals surface area contributed by atoms with E-state index in [0.29, 0.717) is 60.4 Å². The summed E-state index contributed by atoms with van der Waals surface area (Å²) in [6.45, 7) is 9.87. The van der Waals surface area contributed by atoms with Gasteiger partial charge in [-0.05, 0) is 54.2 Å². The molecule has 6 aliphatic rings. The van der Waals surface area contributed by atoms with Crippen LogP contribution in [0.2, 0.25) is 0 Å². The number of fused-ring (bicyclic) bond motifs is 3. The summed E-state index contributed by atoms with van der Waals surface area (Å²) < 4.78 is 29.9. The van der Waals surface area contributed by atoms with Crippen LogP contribution in [0.3, 0.4) is 0 Å². The zero-order valence-corrected chi connectivity index (χ0v) is 30.9. The van der Waals surface area contributed by atoms with Gasteiger partial charge in [-0.2, -0.15) is 4.72 Å². The number of piperazine rings is 1. The largest absolute Gasteiger partial charge is 0.480 e. The molecule has 3 amide bonds. The van der Waals surface area contributed by atoms with E-state index in [-0.39, 0.29) is 35.8 Å². The number of carboxylic acids is 1. The van der Waals surface area contributed by atoms with E-state index in [4.69, 9.17) is 0 Å². The molecule has 14 heteroatoms. The number of nitrogens with one attached hydrogen (secondary N) is 4. The lowest BCUT2D eigenvalue weighted by Gasteiger charge is -2.34. The van der Waals surface area contributed by atoms with Crippen LogP contribution in [0.5, 0.6) is 0 Å². The summed E-state index contributed by atoms with van der Waals surface area (Å²) in [7, 11) is -4.08. The molecule has 6 bridgehead atoms. The first-order valence-corrected chi connectivity index (χ1v) is 19.4. The van der Waals surface area contributed by atoms with Crippen LogP contribution in [-0.4, -0.2) is 104 Å². The zero-order valence-electron chi connectivity index (χ0n) is 30.1. The topological polar surface area (TPSA) is 177 Å². The lowest BCUT2D eigenvalue weighted by molar-refractivity contribution is -0.142. The van der Waals surface area contributed by atoms with E-state index in [2.05, 4.69) is 30.5 Å². The van der Waals surface area contributed by atoms with Crippen LogP contribution in [0.1, 0.15) is 51.2 Å². The Morgan fingerprint density at radius 2 is 1.33 bits per heavy atom. The summed E-state index contributed by atoms with van der Waals surface area (Å²) in [5, 5.41) is 18.5. The van der Waals surface area contributed by atoms with E-state index in [0.717, 1.165) is 26.2 Å². The quantitative estimate of drug-likeness (QED) is 0.309. The van der Waals surface area contributed by atoms with Gasteiger partial charge in [-0.3, -0.25) is 14.4 Å². The van der Waals surface area contributed by atoms with E-state index in [1.165, 1.54) is 6.92 Å². The number of benzene rings is 2. The molecule has 1 aliphatic carbocycles. The van der Waals surface area contributed by atoms with E-state index < -0.39 is 33.5 Å². The molecule has 1 saturated heterocycles. The fourth-order valence-electron chi connectivity index (χ4n) is 6.83. The number of allylic oxidation sites excluding steroid dienone is 3. The number of carboxylic acid groups (broad SMARTS) is 1. The van der Waals surface area contributed by atoms with Crippen molar-refractivity contribution in [3.8, 4) is 0 Å². The van der Waals surface area contributed by atoms with Gasteiger partial charge >= 0.3 is 5.97 Å². The smallest absolute Gasteiger partial charge is 0.326 e. The molecule has 280 valence electrons. The molecule has 2 atom stereocenters. The number of nitrogens with zero attached hydrogens (tertiary/aromatic N) is 2. The first-order chi connectivity index (χ1) is 24.6. The van der Waals surface area contributed by atoms with Crippen LogP contribution < -0.4 is 20.7 Å². The van der Waals surface area contributed by atoms with Crippen LogP contribution in [0.4, 0.5) is 11.4 Å². The number of amides is 3. The number of carbonyl (C=O) groups excluding carboxylic acids is 3. The number of carbonyl (C=O) groups is 4. The minimum atomic E-state index is -4.08. The molecule has 0 unspecified atom stereocenters. The maximum Gasteiger partial charge on any atom is 0.326 e. The molecule has 5 aliphatic heterocycles. The molecule has 52 heavy (non-hydrogen) atoms. The van der Waals surface area contributed by atoms with Crippen molar-refractivity contribution in [2.45, 2.75) is 64.5 Å². The summed E-state index contributed by atoms with van der Waals surface area (Å²) in [5.74, 6) is -2.70. The second-order valence-electron chi connectivity index (χ2n) is 15.0. The number of sulfonamides is 1. The van der Waals surface area contributed by atoms with Crippen molar-refractivity contribution in [2.75, 3.05) is 55.7 Å². The lowest BCUT2D eigenvalue weighted by atomic mass is 9.83. The van der Waals surface area contributed by atoms with Gasteiger partial charge in [-0.15, -0.1) is 0 Å². The minimum Gasteiger partial charge on any atom is -0.480 e. The third kappa shape index (κ3) is 11.3. The van der Waals surface area contributed by atoms with Gasteiger partial charge in [0, 0.05) is 76.3 Å². The van der Waals surface area contributed by atoms with Crippen molar-refractivity contribution in [1.29, 1.82) is 0 Å². The van der Waals surface area contributed by atoms with Crippen molar-refractivity contribution >= 4 is 45.1 Å². The fourth-order valence-corrected chi connectivity index (χ4v) is 8.44. The predicted molar refractivity (Wildman–Crippen MR) is 200 cm³/mol. The summed E-state index contributed by atoms with van der Waals surface area (Å²) in [4.78, 5) is 56.4. The molecule has 8 rings (SSSR count). The van der Waals surface area contributed by atoms with Crippen molar-refractivity contribution in [2.24, 2.45) is 5.41 Å². The SMILES string of the molecule is CC1(C)C=CC=C(CS(=O)(=O)N[C@]2(C)Cc3ccc(cc3)NC(=O)CCN3CCN(CCC(=O)Nc4ccc(cc4)C[C@@H](C(=O)O)NC2=O)CC3)C1. The number of hydrogen-bond acceptors (Lipinski definition) is 8. The molecule has 0 aromatic heterocycles. The number of aliphatic carboxylic acids is 1. The Labute approximate surface area is 306 Å². The van der Waals surface area contributed by atoms with Crippen molar-refractivity contribution < 1.29 is 32.7 Å². The third-order valence-corrected chi connectivity index (χ3v) is 11.2. The lowest BCUT2D eigenvalue weighted by Crippen LogP contribution is -2.61. The van der Waals surface area contributed by atoms with Crippen molar-refractivity contribution in [3.05, 3.63) is 83.5 Å². The number of hydrogen-bond donors (Lipinski definition) is 5. The van der Waals surface area contributed by atoms with Gasteiger partial charge < -0.3 is 30.9 Å². The fraction of sp³-hybridized carbons (Fsp3) is 0.474. The standard InChI is InChI=1S/C38H50N6O7S/c1-37(2)16-4-5-29(24-37)26-52(50,51)42-38(3)25-28-8-12-31(13-9-28)40-34(46)15-18-44-21-19-43(20-22-44)17-14-33(45)39-30-10-6-27(7-11-30)23-32(35(47)48)41-36(38)49/h4-13,16,32,42H,14-15,17-26H2,1-3H3,(H,39,45)(H,40,46)(H,41,49)(H,47,48)/t32-,38+/m0/s1. The number of anilines is 2. The Morgan fingerprint density at radius 1 is 0.808 bits per heavy atom. The Morgan fingerprint density at radius 3 is 1.83 bits per heavy atom. The van der Waals surface area contributed by atoms with Crippen LogP contribution in [0.15, 0.2) is 72.3 Å². The Bertz CT molecular complexity index is 1800. The van der Waals surface area contributed by atoms with Crippen LogP contribution >= 0.6 is 0 Å². The minimum absolute atomic E-state index is 0.0766. The maximum absolute atomic E-state index is 14.0. The molecule has 0 spiro atoms. The average molecular weight is 735 g/mol. The highest BCUT2D eigenvalue weighted by Gasteiger charge is 2.40. The van der Waals surface area contributed by atoms with Gasteiger partial charge in [-0.25, -0.2) is 13.2 Å². The molecule has 2 aromatic carbocycles. The zero-order chi connectivity index (χ0) is 37.5. The second kappa shape index (κ2) is 16.5. The van der Waals surface area contributed by atoms with E-state index in [9.17, 15) is 32.7 Å². The summed E-state index contributed by atoms with van der Waals surface area (Å²) >= 11 is 0. The summed E-state index contributed by atoms with van der Waals surface area (Å²) in [5.41, 5.74) is 1.01. The van der Waals surface area contributed by atoms with E-state index >= 15 is 0 Å². The predicted octanol–water partition coefficient (Wildman–Crippen LogP) is 2.92. The molecule has 5 heterocycles. The first kappa shape index (κ1) is 38.9. The van der Waals surface area contributed by atoms with Gasteiger partial charge in [0.05, 0.1) is 5.75 Å². The Balaban J connectivity index is 1.40. The van der Waals surface area contributed by atoms with Crippen molar-refractivity contribution in [1.82, 2.24) is 19.8 Å². The molecular formula is C38H50N6O7S. The van der Waals surface area contributed by atoms with Gasteiger partial charge in [0.25, 0.3) is 0 Å². The molecule has 0 saturated carbocycles. The van der Waals surface area contributed by atoms with Crippen LogP contribution in [0, 0.1) is 5.41 Å². The second-order valence-corrected chi connectivity index (χ2v) is 16.7. The maximum atomic E-state index is 14.0. The Kier molecular flexibility index (Phi) is 12.4. The van der Waals surface area contributed by atoms with Gasteiger partial charge in [0.2, 0.25) is 27.7 Å². The summed E-state index contributed by atoms with van der Waals surface area (Å²) in [6.07, 6.45) is 6.58. The van der Waals surface area contributed by atoms with Crippen LogP contribution in [0.25, 0.3) is 0 Å². The molecule has 1 fully saturated rings. The van der Waals surface area contributed by atoms with Gasteiger partial charge in [-0.1, -0.05) is 61.9 Å². The molecule has 2 aromatic rings. The van der Waals surface area contributed by atoms with Gasteiger partial charge in [0.15, 0.2) is 0 Å². The molecule has 0 radical (unpaired) electrons. The highest BCUT2D eigenvalue weighted by Crippen LogP contribution is 2.31. The third-order valence-electron chi connectivity index (χ3n) is 9.67. The normalized spacial score (nSPS) is 26.2.